The first-order valence-electron chi connectivity index (χ1n) is 7.04. The molecule has 0 amide bonds. The zero-order valence-corrected chi connectivity index (χ0v) is 14.6. The van der Waals surface area contributed by atoms with Crippen molar-refractivity contribution in [3.63, 3.8) is 0 Å². The van der Waals surface area contributed by atoms with E-state index in [4.69, 9.17) is 16.0 Å². The van der Waals surface area contributed by atoms with Gasteiger partial charge in [-0.15, -0.1) is 10.2 Å². The number of benzene rings is 1. The van der Waals surface area contributed by atoms with E-state index >= 15 is 0 Å². The topological polar surface area (TPSA) is 70.2 Å². The molecule has 24 heavy (non-hydrogen) atoms. The van der Waals surface area contributed by atoms with Gasteiger partial charge in [-0.2, -0.15) is 0 Å². The van der Waals surface area contributed by atoms with E-state index in [1.54, 1.807) is 12.1 Å². The molecular formula is C16H14ClN3O3S. The number of hydrogen-bond donors (Lipinski definition) is 0. The molecule has 124 valence electrons. The van der Waals surface area contributed by atoms with Crippen LogP contribution >= 0.6 is 23.4 Å². The molecule has 0 N–H and O–H groups in total. The number of aromatic nitrogens is 3. The SMILES string of the molecule is COC(=O)c1ccc(CSc2nnc(-c3ccccc3Cl)n2C)o1. The van der Waals surface area contributed by atoms with Crippen molar-refractivity contribution in [3.05, 3.63) is 52.9 Å². The Morgan fingerprint density at radius 2 is 2.08 bits per heavy atom. The average Bonchev–Trinajstić information content (AvgIpc) is 3.20. The third kappa shape index (κ3) is 3.32. The summed E-state index contributed by atoms with van der Waals surface area (Å²) in [5.41, 5.74) is 0.826. The van der Waals surface area contributed by atoms with Crippen molar-refractivity contribution in [2.24, 2.45) is 7.05 Å². The third-order valence-corrected chi connectivity index (χ3v) is 4.71. The maximum absolute atomic E-state index is 11.4. The third-order valence-electron chi connectivity index (χ3n) is 3.34. The molecule has 0 aliphatic heterocycles. The number of rotatable bonds is 5. The molecular weight excluding hydrogens is 350 g/mol. The number of carbonyl (C=O) groups excluding carboxylic acids is 1. The Morgan fingerprint density at radius 3 is 2.83 bits per heavy atom. The molecule has 0 atom stereocenters. The average molecular weight is 364 g/mol. The van der Waals surface area contributed by atoms with E-state index < -0.39 is 5.97 Å². The van der Waals surface area contributed by atoms with Gasteiger partial charge in [0.1, 0.15) is 5.76 Å². The summed E-state index contributed by atoms with van der Waals surface area (Å²) in [6, 6.07) is 10.8. The lowest BCUT2D eigenvalue weighted by molar-refractivity contribution is 0.0563. The molecule has 2 aromatic heterocycles. The van der Waals surface area contributed by atoms with Crippen molar-refractivity contribution in [1.82, 2.24) is 14.8 Å². The van der Waals surface area contributed by atoms with E-state index in [2.05, 4.69) is 14.9 Å². The van der Waals surface area contributed by atoms with Gasteiger partial charge in [0.2, 0.25) is 5.76 Å². The number of carbonyl (C=O) groups is 1. The van der Waals surface area contributed by atoms with E-state index in [1.807, 2.05) is 35.9 Å². The second-order valence-corrected chi connectivity index (χ2v) is 6.24. The highest BCUT2D eigenvalue weighted by molar-refractivity contribution is 7.98. The number of ether oxygens (including phenoxy) is 1. The van der Waals surface area contributed by atoms with Crippen LogP contribution in [-0.4, -0.2) is 27.8 Å². The van der Waals surface area contributed by atoms with Gasteiger partial charge < -0.3 is 13.7 Å². The summed E-state index contributed by atoms with van der Waals surface area (Å²) >= 11 is 7.67. The molecule has 2 heterocycles. The molecule has 0 saturated carbocycles. The largest absolute Gasteiger partial charge is 0.463 e. The minimum absolute atomic E-state index is 0.183. The monoisotopic (exact) mass is 363 g/mol. The lowest BCUT2D eigenvalue weighted by Crippen LogP contribution is -1.98. The standard InChI is InChI=1S/C16H14ClN3O3S/c1-20-14(11-5-3-4-6-12(11)17)18-19-16(20)24-9-10-7-8-13(23-10)15(21)22-2/h3-8H,9H2,1-2H3. The van der Waals surface area contributed by atoms with Crippen molar-refractivity contribution < 1.29 is 13.9 Å². The van der Waals surface area contributed by atoms with E-state index in [0.717, 1.165) is 10.7 Å². The van der Waals surface area contributed by atoms with Crippen LogP contribution in [0.15, 0.2) is 46.0 Å². The van der Waals surface area contributed by atoms with Gasteiger partial charge in [-0.05, 0) is 24.3 Å². The molecule has 0 aliphatic carbocycles. The van der Waals surface area contributed by atoms with Crippen LogP contribution < -0.4 is 0 Å². The first-order valence-corrected chi connectivity index (χ1v) is 8.40. The van der Waals surface area contributed by atoms with Crippen LogP contribution in [0.5, 0.6) is 0 Å². The molecule has 8 heteroatoms. The highest BCUT2D eigenvalue weighted by Crippen LogP contribution is 2.29. The van der Waals surface area contributed by atoms with Gasteiger partial charge in [0, 0.05) is 12.6 Å². The highest BCUT2D eigenvalue weighted by Gasteiger charge is 2.15. The van der Waals surface area contributed by atoms with Gasteiger partial charge >= 0.3 is 5.97 Å². The highest BCUT2D eigenvalue weighted by atomic mass is 35.5. The Hall–Kier alpha value is -2.25. The Morgan fingerprint density at radius 1 is 1.29 bits per heavy atom. The van der Waals surface area contributed by atoms with Gasteiger partial charge in [-0.25, -0.2) is 4.79 Å². The van der Waals surface area contributed by atoms with E-state index in [1.165, 1.54) is 18.9 Å². The lowest BCUT2D eigenvalue weighted by Gasteiger charge is -2.04. The van der Waals surface area contributed by atoms with Gasteiger partial charge in [-0.3, -0.25) is 0 Å². The van der Waals surface area contributed by atoms with Crippen molar-refractivity contribution in [2.75, 3.05) is 7.11 Å². The molecule has 6 nitrogen and oxygen atoms in total. The maximum atomic E-state index is 11.4. The minimum Gasteiger partial charge on any atom is -0.463 e. The normalized spacial score (nSPS) is 10.8. The van der Waals surface area contributed by atoms with E-state index in [-0.39, 0.29) is 5.76 Å². The molecule has 0 spiro atoms. The van der Waals surface area contributed by atoms with Gasteiger partial charge in [0.15, 0.2) is 11.0 Å². The van der Waals surface area contributed by atoms with E-state index in [0.29, 0.717) is 22.4 Å². The Labute approximate surface area is 147 Å². The molecule has 3 aromatic rings. The lowest BCUT2D eigenvalue weighted by atomic mass is 10.2. The molecule has 0 aliphatic rings. The summed E-state index contributed by atoms with van der Waals surface area (Å²) in [5.74, 6) is 1.56. The summed E-state index contributed by atoms with van der Waals surface area (Å²) in [5, 5.41) is 9.75. The van der Waals surface area contributed by atoms with Crippen LogP contribution in [0.4, 0.5) is 0 Å². The van der Waals surface area contributed by atoms with Crippen molar-refractivity contribution >= 4 is 29.3 Å². The zero-order chi connectivity index (χ0) is 17.1. The number of furan rings is 1. The number of esters is 1. The summed E-state index contributed by atoms with van der Waals surface area (Å²) < 4.78 is 11.9. The van der Waals surface area contributed by atoms with Gasteiger partial charge in [0.05, 0.1) is 17.9 Å². The van der Waals surface area contributed by atoms with Gasteiger partial charge in [-0.1, -0.05) is 35.5 Å². The smallest absolute Gasteiger partial charge is 0.373 e. The number of halogens is 1. The fourth-order valence-electron chi connectivity index (χ4n) is 2.12. The molecule has 0 fully saturated rings. The second kappa shape index (κ2) is 7.11. The van der Waals surface area contributed by atoms with Crippen LogP contribution in [0.2, 0.25) is 5.02 Å². The maximum Gasteiger partial charge on any atom is 0.373 e. The zero-order valence-electron chi connectivity index (χ0n) is 13.0. The van der Waals surface area contributed by atoms with Crippen LogP contribution in [0, 0.1) is 0 Å². The molecule has 1 aromatic carbocycles. The number of nitrogens with zero attached hydrogens (tertiary/aromatic N) is 3. The first kappa shape index (κ1) is 16.6. The quantitative estimate of drug-likeness (QED) is 0.507. The summed E-state index contributed by atoms with van der Waals surface area (Å²) in [4.78, 5) is 11.4. The van der Waals surface area contributed by atoms with Crippen molar-refractivity contribution in [2.45, 2.75) is 10.9 Å². The van der Waals surface area contributed by atoms with Crippen LogP contribution in [0.25, 0.3) is 11.4 Å². The van der Waals surface area contributed by atoms with Gasteiger partial charge in [0.25, 0.3) is 0 Å². The predicted octanol–water partition coefficient (Wildman–Crippen LogP) is 3.81. The number of thioether (sulfide) groups is 1. The Kier molecular flexibility index (Phi) is 4.92. The van der Waals surface area contributed by atoms with E-state index in [9.17, 15) is 4.79 Å². The molecule has 0 radical (unpaired) electrons. The summed E-state index contributed by atoms with van der Waals surface area (Å²) in [6.07, 6.45) is 0. The Bertz CT molecular complexity index is 875. The van der Waals surface area contributed by atoms with Crippen LogP contribution in [-0.2, 0) is 17.5 Å². The number of hydrogen-bond acceptors (Lipinski definition) is 6. The molecule has 3 rings (SSSR count). The molecule has 0 unspecified atom stereocenters. The minimum atomic E-state index is -0.495. The fourth-order valence-corrected chi connectivity index (χ4v) is 3.14. The Balaban J connectivity index is 1.74. The first-order chi connectivity index (χ1) is 11.6. The van der Waals surface area contributed by atoms with Crippen molar-refractivity contribution in [1.29, 1.82) is 0 Å². The fraction of sp³-hybridized carbons (Fsp3) is 0.188. The molecule has 0 bridgehead atoms. The number of methoxy groups -OCH3 is 1. The predicted molar refractivity (Wildman–Crippen MR) is 91.1 cm³/mol. The van der Waals surface area contributed by atoms with Crippen molar-refractivity contribution in [3.8, 4) is 11.4 Å². The summed E-state index contributed by atoms with van der Waals surface area (Å²) in [6.45, 7) is 0. The second-order valence-electron chi connectivity index (χ2n) is 4.89. The molecule has 0 saturated heterocycles. The van der Waals surface area contributed by atoms with Crippen LogP contribution in [0.3, 0.4) is 0 Å². The van der Waals surface area contributed by atoms with Crippen LogP contribution in [0.1, 0.15) is 16.3 Å². The summed E-state index contributed by atoms with van der Waals surface area (Å²) in [7, 11) is 3.19.